The highest BCUT2D eigenvalue weighted by Crippen LogP contribution is 2.24. The summed E-state index contributed by atoms with van der Waals surface area (Å²) in [6.45, 7) is 2.68. The smallest absolute Gasteiger partial charge is 0.257 e. The minimum atomic E-state index is -0.191. The number of ether oxygens (including phenoxy) is 1. The summed E-state index contributed by atoms with van der Waals surface area (Å²) < 4.78 is 6.38. The number of hydrogen-bond donors (Lipinski definition) is 1. The van der Waals surface area contributed by atoms with Crippen molar-refractivity contribution in [2.75, 3.05) is 11.9 Å². The van der Waals surface area contributed by atoms with Crippen molar-refractivity contribution in [2.45, 2.75) is 13.3 Å². The summed E-state index contributed by atoms with van der Waals surface area (Å²) in [7, 11) is 0. The Balaban J connectivity index is 2.06. The zero-order valence-electron chi connectivity index (χ0n) is 10.4. The molecule has 1 amide bonds. The van der Waals surface area contributed by atoms with Crippen LogP contribution in [0.4, 0.5) is 5.13 Å². The first kappa shape index (κ1) is 14.0. The molecule has 0 saturated heterocycles. The van der Waals surface area contributed by atoms with Gasteiger partial charge in [-0.1, -0.05) is 24.3 Å². The molecule has 19 heavy (non-hydrogen) atoms. The first-order valence-electron chi connectivity index (χ1n) is 5.84. The zero-order chi connectivity index (χ0) is 13.7. The van der Waals surface area contributed by atoms with Crippen LogP contribution in [-0.4, -0.2) is 17.5 Å². The Hall–Kier alpha value is -1.40. The summed E-state index contributed by atoms with van der Waals surface area (Å²) in [5.74, 6) is 0.513. The molecule has 6 heteroatoms. The molecule has 1 aromatic carbocycles. The Bertz CT molecular complexity index is 571. The number of thiazole rings is 1. The molecule has 0 fully saturated rings. The van der Waals surface area contributed by atoms with E-state index in [1.807, 2.05) is 13.0 Å². The summed E-state index contributed by atoms with van der Waals surface area (Å²) in [4.78, 5) is 16.1. The van der Waals surface area contributed by atoms with Gasteiger partial charge in [0.25, 0.3) is 5.91 Å². The lowest BCUT2D eigenvalue weighted by molar-refractivity contribution is 0.102. The summed E-state index contributed by atoms with van der Waals surface area (Å²) >= 11 is 4.67. The number of halogens is 1. The van der Waals surface area contributed by atoms with E-state index in [1.165, 1.54) is 11.3 Å². The molecule has 0 spiro atoms. The van der Waals surface area contributed by atoms with Crippen molar-refractivity contribution in [1.29, 1.82) is 0 Å². The van der Waals surface area contributed by atoms with Crippen LogP contribution in [-0.2, 0) is 0 Å². The van der Waals surface area contributed by atoms with Crippen molar-refractivity contribution in [3.8, 4) is 5.75 Å². The van der Waals surface area contributed by atoms with Gasteiger partial charge in [-0.25, -0.2) is 4.98 Å². The van der Waals surface area contributed by atoms with Crippen LogP contribution in [0.2, 0.25) is 0 Å². The first-order valence-corrected chi connectivity index (χ1v) is 7.45. The van der Waals surface area contributed by atoms with Gasteiger partial charge >= 0.3 is 0 Å². The standard InChI is InChI=1S/C13H13BrN2O2S/c1-2-6-18-10-5-3-4-9(7-10)12(17)16-13-15-8-11(14)19-13/h3-5,7-8H,2,6H2,1H3,(H,15,16,17). The average molecular weight is 341 g/mol. The van der Waals surface area contributed by atoms with Crippen molar-refractivity contribution < 1.29 is 9.53 Å². The molecule has 1 aromatic heterocycles. The highest BCUT2D eigenvalue weighted by atomic mass is 79.9. The molecule has 1 heterocycles. The zero-order valence-corrected chi connectivity index (χ0v) is 12.8. The molecule has 100 valence electrons. The fourth-order valence-corrected chi connectivity index (χ4v) is 2.53. The SMILES string of the molecule is CCCOc1cccc(C(=O)Nc2ncc(Br)s2)c1. The molecule has 0 unspecified atom stereocenters. The van der Waals surface area contributed by atoms with Crippen LogP contribution in [0.1, 0.15) is 23.7 Å². The van der Waals surface area contributed by atoms with Gasteiger partial charge in [0.15, 0.2) is 5.13 Å². The molecule has 0 aliphatic carbocycles. The number of hydrogen-bond acceptors (Lipinski definition) is 4. The average Bonchev–Trinajstić information content (AvgIpc) is 2.82. The Morgan fingerprint density at radius 2 is 2.37 bits per heavy atom. The number of benzene rings is 1. The number of anilines is 1. The van der Waals surface area contributed by atoms with Crippen LogP contribution in [0.5, 0.6) is 5.75 Å². The lowest BCUT2D eigenvalue weighted by Crippen LogP contribution is -2.11. The summed E-state index contributed by atoms with van der Waals surface area (Å²) in [5.41, 5.74) is 0.555. The van der Waals surface area contributed by atoms with Gasteiger partial charge in [-0.15, -0.1) is 0 Å². The van der Waals surface area contributed by atoms with Gasteiger partial charge in [0.2, 0.25) is 0 Å². The van der Waals surface area contributed by atoms with E-state index in [4.69, 9.17) is 4.74 Å². The molecule has 2 aromatic rings. The molecular formula is C13H13BrN2O2S. The van der Waals surface area contributed by atoms with E-state index in [9.17, 15) is 4.79 Å². The maximum atomic E-state index is 12.0. The maximum absolute atomic E-state index is 12.0. The molecule has 4 nitrogen and oxygen atoms in total. The van der Waals surface area contributed by atoms with E-state index in [2.05, 4.69) is 26.2 Å². The predicted octanol–water partition coefficient (Wildman–Crippen LogP) is 3.95. The van der Waals surface area contributed by atoms with E-state index >= 15 is 0 Å². The van der Waals surface area contributed by atoms with Crippen molar-refractivity contribution in [1.82, 2.24) is 4.98 Å². The van der Waals surface area contributed by atoms with Crippen LogP contribution in [0.25, 0.3) is 0 Å². The molecule has 0 aliphatic rings. The topological polar surface area (TPSA) is 51.2 Å². The minimum Gasteiger partial charge on any atom is -0.494 e. The van der Waals surface area contributed by atoms with E-state index in [0.717, 1.165) is 10.2 Å². The van der Waals surface area contributed by atoms with Crippen LogP contribution < -0.4 is 10.1 Å². The van der Waals surface area contributed by atoms with Gasteiger partial charge < -0.3 is 4.74 Å². The van der Waals surface area contributed by atoms with E-state index < -0.39 is 0 Å². The Labute approximate surface area is 124 Å². The predicted molar refractivity (Wildman–Crippen MR) is 80.0 cm³/mol. The number of aromatic nitrogens is 1. The summed E-state index contributed by atoms with van der Waals surface area (Å²) in [5, 5.41) is 3.31. The van der Waals surface area contributed by atoms with Crippen molar-refractivity contribution >= 4 is 38.3 Å². The van der Waals surface area contributed by atoms with Crippen LogP contribution in [0.3, 0.4) is 0 Å². The van der Waals surface area contributed by atoms with Gasteiger partial charge in [-0.2, -0.15) is 0 Å². The Kier molecular flexibility index (Phi) is 4.93. The molecule has 0 aliphatic heterocycles. The second-order valence-electron chi connectivity index (χ2n) is 3.80. The molecule has 1 N–H and O–H groups in total. The largest absolute Gasteiger partial charge is 0.494 e. The van der Waals surface area contributed by atoms with Crippen LogP contribution in [0.15, 0.2) is 34.2 Å². The number of carbonyl (C=O) groups is 1. The van der Waals surface area contributed by atoms with E-state index in [1.54, 1.807) is 24.4 Å². The third-order valence-electron chi connectivity index (χ3n) is 2.27. The third-order valence-corrected chi connectivity index (χ3v) is 3.66. The Morgan fingerprint density at radius 3 is 3.05 bits per heavy atom. The Morgan fingerprint density at radius 1 is 1.53 bits per heavy atom. The fraction of sp³-hybridized carbons (Fsp3) is 0.231. The van der Waals surface area contributed by atoms with Gasteiger partial charge in [0.1, 0.15) is 5.75 Å². The van der Waals surface area contributed by atoms with Crippen LogP contribution in [0, 0.1) is 0 Å². The van der Waals surface area contributed by atoms with Crippen LogP contribution >= 0.6 is 27.3 Å². The number of nitrogens with zero attached hydrogens (tertiary/aromatic N) is 1. The fourth-order valence-electron chi connectivity index (χ4n) is 1.43. The molecular weight excluding hydrogens is 328 g/mol. The molecule has 0 atom stereocenters. The lowest BCUT2D eigenvalue weighted by Gasteiger charge is -2.06. The minimum absolute atomic E-state index is 0.191. The van der Waals surface area contributed by atoms with E-state index in [0.29, 0.717) is 23.1 Å². The van der Waals surface area contributed by atoms with Crippen molar-refractivity contribution in [3.05, 3.63) is 39.8 Å². The molecule has 0 radical (unpaired) electrons. The lowest BCUT2D eigenvalue weighted by atomic mass is 10.2. The van der Waals surface area contributed by atoms with Crippen molar-refractivity contribution in [3.63, 3.8) is 0 Å². The van der Waals surface area contributed by atoms with Gasteiger partial charge in [0.05, 0.1) is 16.6 Å². The first-order chi connectivity index (χ1) is 9.19. The number of nitrogens with one attached hydrogen (secondary N) is 1. The normalized spacial score (nSPS) is 10.2. The van der Waals surface area contributed by atoms with Crippen molar-refractivity contribution in [2.24, 2.45) is 0 Å². The summed E-state index contributed by atoms with van der Waals surface area (Å²) in [6, 6.07) is 7.12. The number of carbonyl (C=O) groups excluding carboxylic acids is 1. The van der Waals surface area contributed by atoms with E-state index in [-0.39, 0.29) is 5.91 Å². The molecule has 2 rings (SSSR count). The number of rotatable bonds is 5. The second-order valence-corrected chi connectivity index (χ2v) is 6.21. The highest BCUT2D eigenvalue weighted by molar-refractivity contribution is 9.11. The van der Waals surface area contributed by atoms with Gasteiger partial charge in [0, 0.05) is 5.56 Å². The number of amides is 1. The molecule has 0 saturated carbocycles. The highest BCUT2D eigenvalue weighted by Gasteiger charge is 2.09. The summed E-state index contributed by atoms with van der Waals surface area (Å²) in [6.07, 6.45) is 2.59. The molecule has 0 bridgehead atoms. The van der Waals surface area contributed by atoms with Gasteiger partial charge in [-0.05, 0) is 40.5 Å². The second kappa shape index (κ2) is 6.68. The van der Waals surface area contributed by atoms with Gasteiger partial charge in [-0.3, -0.25) is 10.1 Å². The monoisotopic (exact) mass is 340 g/mol. The maximum Gasteiger partial charge on any atom is 0.257 e. The third kappa shape index (κ3) is 4.04. The quantitative estimate of drug-likeness (QED) is 0.896.